The Morgan fingerprint density at radius 1 is 1.22 bits per heavy atom. The minimum atomic E-state index is -0.00466. The molecule has 0 spiro atoms. The van der Waals surface area contributed by atoms with Gasteiger partial charge in [-0.05, 0) is 18.6 Å². The Balaban J connectivity index is 1.57. The number of nitrogens with zero attached hydrogens (tertiary/aromatic N) is 4. The van der Waals surface area contributed by atoms with Gasteiger partial charge >= 0.3 is 0 Å². The zero-order valence-electron chi connectivity index (χ0n) is 15.7. The van der Waals surface area contributed by atoms with Crippen molar-refractivity contribution in [2.45, 2.75) is 12.3 Å². The monoisotopic (exact) mass is 366 g/mol. The summed E-state index contributed by atoms with van der Waals surface area (Å²) < 4.78 is 12.7. The van der Waals surface area contributed by atoms with Gasteiger partial charge < -0.3 is 14.4 Å². The van der Waals surface area contributed by atoms with E-state index in [-0.39, 0.29) is 11.8 Å². The molecule has 1 unspecified atom stereocenters. The SMILES string of the molecule is COc1cccc(C2CCN(C(=O)c3cnc4cnn(C)c4c3)C2)c1OC. The topological polar surface area (TPSA) is 69.5 Å². The lowest BCUT2D eigenvalue weighted by molar-refractivity contribution is 0.0790. The quantitative estimate of drug-likeness (QED) is 0.710. The summed E-state index contributed by atoms with van der Waals surface area (Å²) in [4.78, 5) is 19.2. The van der Waals surface area contributed by atoms with Gasteiger partial charge in [-0.3, -0.25) is 14.5 Å². The van der Waals surface area contributed by atoms with Crippen LogP contribution < -0.4 is 9.47 Å². The average Bonchev–Trinajstić information content (AvgIpc) is 3.34. The second-order valence-corrected chi connectivity index (χ2v) is 6.72. The third kappa shape index (κ3) is 2.99. The highest BCUT2D eigenvalue weighted by Crippen LogP contribution is 2.39. The van der Waals surface area contributed by atoms with Crippen LogP contribution in [0.1, 0.15) is 28.3 Å². The van der Waals surface area contributed by atoms with Gasteiger partial charge in [0.15, 0.2) is 11.5 Å². The lowest BCUT2D eigenvalue weighted by Gasteiger charge is -2.19. The molecule has 1 saturated heterocycles. The van der Waals surface area contributed by atoms with Crippen molar-refractivity contribution in [3.63, 3.8) is 0 Å². The fourth-order valence-corrected chi connectivity index (χ4v) is 3.76. The summed E-state index contributed by atoms with van der Waals surface area (Å²) >= 11 is 0. The summed E-state index contributed by atoms with van der Waals surface area (Å²) in [7, 11) is 5.13. The summed E-state index contributed by atoms with van der Waals surface area (Å²) in [6.45, 7) is 1.35. The molecule has 1 aliphatic rings. The number of likely N-dealkylation sites (tertiary alicyclic amines) is 1. The molecule has 3 aromatic rings. The molecule has 4 rings (SSSR count). The van der Waals surface area contributed by atoms with Crippen molar-refractivity contribution in [2.75, 3.05) is 27.3 Å². The van der Waals surface area contributed by atoms with Crippen molar-refractivity contribution in [3.8, 4) is 11.5 Å². The Kier molecular flexibility index (Phi) is 4.43. The van der Waals surface area contributed by atoms with Crippen LogP contribution in [0.25, 0.3) is 11.0 Å². The zero-order chi connectivity index (χ0) is 19.0. The maximum atomic E-state index is 13.0. The first kappa shape index (κ1) is 17.3. The second kappa shape index (κ2) is 6.90. The maximum absolute atomic E-state index is 13.0. The number of hydrogen-bond donors (Lipinski definition) is 0. The van der Waals surface area contributed by atoms with Gasteiger partial charge in [0.2, 0.25) is 0 Å². The minimum Gasteiger partial charge on any atom is -0.493 e. The highest BCUT2D eigenvalue weighted by molar-refractivity contribution is 5.96. The second-order valence-electron chi connectivity index (χ2n) is 6.72. The van der Waals surface area contributed by atoms with E-state index in [1.165, 1.54) is 0 Å². The van der Waals surface area contributed by atoms with E-state index in [1.54, 1.807) is 31.3 Å². The lowest BCUT2D eigenvalue weighted by atomic mass is 9.97. The Bertz CT molecular complexity index is 998. The van der Waals surface area contributed by atoms with Crippen LogP contribution in [0.15, 0.2) is 36.7 Å². The summed E-state index contributed by atoms with van der Waals surface area (Å²) in [5, 5.41) is 4.18. The van der Waals surface area contributed by atoms with Crippen LogP contribution in [0.4, 0.5) is 0 Å². The Morgan fingerprint density at radius 3 is 2.85 bits per heavy atom. The van der Waals surface area contributed by atoms with Crippen molar-refractivity contribution in [1.82, 2.24) is 19.7 Å². The van der Waals surface area contributed by atoms with E-state index < -0.39 is 0 Å². The van der Waals surface area contributed by atoms with Crippen LogP contribution in [0.3, 0.4) is 0 Å². The number of carbonyl (C=O) groups excluding carboxylic acids is 1. The van der Waals surface area contributed by atoms with Crippen LogP contribution >= 0.6 is 0 Å². The van der Waals surface area contributed by atoms with Gasteiger partial charge in [-0.2, -0.15) is 5.10 Å². The van der Waals surface area contributed by atoms with Crippen molar-refractivity contribution < 1.29 is 14.3 Å². The van der Waals surface area contributed by atoms with E-state index in [2.05, 4.69) is 10.1 Å². The molecule has 0 saturated carbocycles. The van der Waals surface area contributed by atoms with Crippen molar-refractivity contribution >= 4 is 16.9 Å². The fourth-order valence-electron chi connectivity index (χ4n) is 3.76. The number of aryl methyl sites for hydroxylation is 1. The van der Waals surface area contributed by atoms with Crippen molar-refractivity contribution in [2.24, 2.45) is 7.05 Å². The predicted octanol–water partition coefficient (Wildman–Crippen LogP) is 2.62. The first-order valence-corrected chi connectivity index (χ1v) is 8.90. The number of para-hydroxylation sites is 1. The van der Waals surface area contributed by atoms with Crippen LogP contribution in [0.5, 0.6) is 11.5 Å². The van der Waals surface area contributed by atoms with Gasteiger partial charge in [0.05, 0.1) is 31.5 Å². The number of benzene rings is 1. The lowest BCUT2D eigenvalue weighted by Crippen LogP contribution is -2.28. The standard InChI is InChI=1S/C20H22N4O3/c1-23-17-9-14(10-21-16(17)11-22-23)20(25)24-8-7-13(12-24)15-5-4-6-18(26-2)19(15)27-3/h4-6,9-11,13H,7-8,12H2,1-3H3. The molecule has 1 aliphatic heterocycles. The van der Waals surface area contributed by atoms with Gasteiger partial charge in [-0.1, -0.05) is 12.1 Å². The van der Waals surface area contributed by atoms with E-state index in [9.17, 15) is 4.79 Å². The third-order valence-corrected chi connectivity index (χ3v) is 5.19. The van der Waals surface area contributed by atoms with Crippen LogP contribution in [-0.2, 0) is 7.05 Å². The number of ether oxygens (including phenoxy) is 2. The molecule has 1 fully saturated rings. The third-order valence-electron chi connectivity index (χ3n) is 5.19. The molecular formula is C20H22N4O3. The van der Waals surface area contributed by atoms with E-state index >= 15 is 0 Å². The summed E-state index contributed by atoms with van der Waals surface area (Å²) in [5.41, 5.74) is 3.30. The number of amides is 1. The van der Waals surface area contributed by atoms with E-state index in [0.717, 1.165) is 28.8 Å². The van der Waals surface area contributed by atoms with Gasteiger partial charge in [-0.25, -0.2) is 0 Å². The minimum absolute atomic E-state index is 0.00466. The van der Waals surface area contributed by atoms with Gasteiger partial charge in [-0.15, -0.1) is 0 Å². The van der Waals surface area contributed by atoms with Gasteiger partial charge in [0, 0.05) is 37.8 Å². The first-order valence-electron chi connectivity index (χ1n) is 8.90. The Morgan fingerprint density at radius 2 is 2.07 bits per heavy atom. The molecule has 7 heteroatoms. The number of carbonyl (C=O) groups is 1. The van der Waals surface area contributed by atoms with Gasteiger partial charge in [0.1, 0.15) is 5.52 Å². The maximum Gasteiger partial charge on any atom is 0.255 e. The first-order chi connectivity index (χ1) is 13.1. The number of fused-ring (bicyclic) bond motifs is 1. The molecule has 1 amide bonds. The van der Waals surface area contributed by atoms with Crippen LogP contribution in [0.2, 0.25) is 0 Å². The Hall–Kier alpha value is -3.09. The number of pyridine rings is 1. The molecule has 27 heavy (non-hydrogen) atoms. The highest BCUT2D eigenvalue weighted by Gasteiger charge is 2.30. The summed E-state index contributed by atoms with van der Waals surface area (Å²) in [5.74, 6) is 1.67. The number of aromatic nitrogens is 3. The molecule has 0 bridgehead atoms. The largest absolute Gasteiger partial charge is 0.493 e. The van der Waals surface area contributed by atoms with Gasteiger partial charge in [0.25, 0.3) is 5.91 Å². The van der Waals surface area contributed by atoms with Crippen LogP contribution in [-0.4, -0.2) is 52.9 Å². The molecule has 7 nitrogen and oxygen atoms in total. The smallest absolute Gasteiger partial charge is 0.255 e. The Labute approximate surface area is 157 Å². The predicted molar refractivity (Wildman–Crippen MR) is 101 cm³/mol. The van der Waals surface area contributed by atoms with Crippen LogP contribution in [0, 0.1) is 0 Å². The number of rotatable bonds is 4. The average molecular weight is 366 g/mol. The van der Waals surface area contributed by atoms with Crippen molar-refractivity contribution in [1.29, 1.82) is 0 Å². The molecule has 1 aromatic carbocycles. The van der Waals surface area contributed by atoms with E-state index in [0.29, 0.717) is 24.4 Å². The highest BCUT2D eigenvalue weighted by atomic mass is 16.5. The van der Waals surface area contributed by atoms with Crippen molar-refractivity contribution in [3.05, 3.63) is 47.8 Å². The van der Waals surface area contributed by atoms with E-state index in [4.69, 9.17) is 9.47 Å². The molecule has 0 radical (unpaired) electrons. The summed E-state index contributed by atoms with van der Waals surface area (Å²) in [6, 6.07) is 7.75. The molecule has 3 heterocycles. The molecule has 0 aliphatic carbocycles. The molecule has 140 valence electrons. The molecule has 1 atom stereocenters. The normalized spacial score (nSPS) is 16.7. The molecule has 0 N–H and O–H groups in total. The molecule has 2 aromatic heterocycles. The fraction of sp³-hybridized carbons (Fsp3) is 0.350. The molecular weight excluding hydrogens is 344 g/mol. The van der Waals surface area contributed by atoms with E-state index in [1.807, 2.05) is 36.2 Å². The zero-order valence-corrected chi connectivity index (χ0v) is 15.7. The summed E-state index contributed by atoms with van der Waals surface area (Å²) in [6.07, 6.45) is 4.22. The number of hydrogen-bond acceptors (Lipinski definition) is 5. The number of methoxy groups -OCH3 is 2.